The molecule has 1 unspecified atom stereocenters. The van der Waals surface area contributed by atoms with Crippen LogP contribution in [0.2, 0.25) is 5.02 Å². The third kappa shape index (κ3) is 3.49. The van der Waals surface area contributed by atoms with Crippen molar-refractivity contribution in [3.63, 3.8) is 0 Å². The van der Waals surface area contributed by atoms with Gasteiger partial charge in [-0.1, -0.05) is 29.8 Å². The fourth-order valence-corrected chi connectivity index (χ4v) is 2.19. The molecule has 2 rings (SSSR count). The van der Waals surface area contributed by atoms with Crippen molar-refractivity contribution in [2.45, 2.75) is 19.4 Å². The van der Waals surface area contributed by atoms with Crippen LogP contribution >= 0.6 is 11.6 Å². The van der Waals surface area contributed by atoms with E-state index in [9.17, 15) is 4.39 Å². The van der Waals surface area contributed by atoms with Gasteiger partial charge < -0.3 is 5.32 Å². The first-order chi connectivity index (χ1) is 9.60. The standard InChI is InChI=1S/C16H14ClFN2/c1-11(8-13-4-2-3-5-15(13)18)20-16-9-12(10-19)6-7-14(16)17/h2-7,9,11,20H,8H2,1H3. The lowest BCUT2D eigenvalue weighted by Gasteiger charge is -2.17. The summed E-state index contributed by atoms with van der Waals surface area (Å²) in [6.45, 7) is 1.95. The Labute approximate surface area is 122 Å². The first kappa shape index (κ1) is 14.4. The second-order valence-electron chi connectivity index (χ2n) is 4.65. The van der Waals surface area contributed by atoms with Crippen molar-refractivity contribution in [1.82, 2.24) is 0 Å². The number of hydrogen-bond acceptors (Lipinski definition) is 2. The van der Waals surface area contributed by atoms with Crippen LogP contribution in [0.4, 0.5) is 10.1 Å². The van der Waals surface area contributed by atoms with Crippen LogP contribution in [0.25, 0.3) is 0 Å². The quantitative estimate of drug-likeness (QED) is 0.905. The van der Waals surface area contributed by atoms with Crippen molar-refractivity contribution < 1.29 is 4.39 Å². The normalized spacial score (nSPS) is 11.7. The summed E-state index contributed by atoms with van der Waals surface area (Å²) in [5, 5.41) is 12.6. The van der Waals surface area contributed by atoms with Crippen molar-refractivity contribution in [1.29, 1.82) is 5.26 Å². The summed E-state index contributed by atoms with van der Waals surface area (Å²) >= 11 is 6.09. The smallest absolute Gasteiger partial charge is 0.126 e. The Morgan fingerprint density at radius 2 is 2.05 bits per heavy atom. The van der Waals surface area contributed by atoms with Crippen molar-refractivity contribution in [3.05, 3.63) is 64.4 Å². The second-order valence-corrected chi connectivity index (χ2v) is 5.05. The van der Waals surface area contributed by atoms with Crippen LogP contribution in [-0.4, -0.2) is 6.04 Å². The van der Waals surface area contributed by atoms with Gasteiger partial charge in [-0.05, 0) is 43.2 Å². The number of nitrogens with zero attached hydrogens (tertiary/aromatic N) is 1. The molecule has 0 aliphatic carbocycles. The van der Waals surface area contributed by atoms with E-state index in [1.807, 2.05) is 13.0 Å². The molecule has 0 fully saturated rings. The highest BCUT2D eigenvalue weighted by Gasteiger charge is 2.09. The molecule has 2 nitrogen and oxygen atoms in total. The lowest BCUT2D eigenvalue weighted by Crippen LogP contribution is -2.19. The van der Waals surface area contributed by atoms with E-state index < -0.39 is 0 Å². The topological polar surface area (TPSA) is 35.8 Å². The maximum Gasteiger partial charge on any atom is 0.126 e. The van der Waals surface area contributed by atoms with Gasteiger partial charge >= 0.3 is 0 Å². The number of hydrogen-bond donors (Lipinski definition) is 1. The van der Waals surface area contributed by atoms with Gasteiger partial charge in [-0.25, -0.2) is 4.39 Å². The van der Waals surface area contributed by atoms with Crippen molar-refractivity contribution in [2.24, 2.45) is 0 Å². The third-order valence-corrected chi connectivity index (χ3v) is 3.31. The molecule has 0 aromatic heterocycles. The van der Waals surface area contributed by atoms with E-state index in [2.05, 4.69) is 11.4 Å². The maximum absolute atomic E-state index is 13.6. The van der Waals surface area contributed by atoms with Gasteiger partial charge in [0.15, 0.2) is 0 Å². The molecule has 0 heterocycles. The minimum atomic E-state index is -0.210. The molecule has 20 heavy (non-hydrogen) atoms. The maximum atomic E-state index is 13.6. The van der Waals surface area contributed by atoms with Gasteiger partial charge in [-0.15, -0.1) is 0 Å². The van der Waals surface area contributed by atoms with Gasteiger partial charge in [0.2, 0.25) is 0 Å². The van der Waals surface area contributed by atoms with E-state index in [-0.39, 0.29) is 11.9 Å². The molecule has 4 heteroatoms. The molecule has 0 spiro atoms. The number of anilines is 1. The Morgan fingerprint density at radius 3 is 2.75 bits per heavy atom. The highest BCUT2D eigenvalue weighted by atomic mass is 35.5. The Hall–Kier alpha value is -2.05. The zero-order valence-corrected chi connectivity index (χ0v) is 11.8. The molecule has 0 radical (unpaired) electrons. The van der Waals surface area contributed by atoms with Gasteiger partial charge in [-0.2, -0.15) is 5.26 Å². The first-order valence-corrected chi connectivity index (χ1v) is 6.67. The van der Waals surface area contributed by atoms with Crippen molar-refractivity contribution in [3.8, 4) is 6.07 Å². The number of halogens is 2. The summed E-state index contributed by atoms with van der Waals surface area (Å²) in [4.78, 5) is 0. The molecule has 2 aromatic carbocycles. The Balaban J connectivity index is 2.11. The molecular weight excluding hydrogens is 275 g/mol. The van der Waals surface area contributed by atoms with Gasteiger partial charge in [-0.3, -0.25) is 0 Å². The summed E-state index contributed by atoms with van der Waals surface area (Å²) in [6, 6.07) is 13.8. The highest BCUT2D eigenvalue weighted by Crippen LogP contribution is 2.24. The molecule has 2 aromatic rings. The van der Waals surface area contributed by atoms with Gasteiger partial charge in [0, 0.05) is 6.04 Å². The molecule has 0 aliphatic heterocycles. The number of benzene rings is 2. The Morgan fingerprint density at radius 1 is 1.30 bits per heavy atom. The van der Waals surface area contributed by atoms with E-state index >= 15 is 0 Å². The summed E-state index contributed by atoms with van der Waals surface area (Å²) in [7, 11) is 0. The molecule has 0 saturated heterocycles. The highest BCUT2D eigenvalue weighted by molar-refractivity contribution is 6.33. The summed E-state index contributed by atoms with van der Waals surface area (Å²) in [5.74, 6) is -0.210. The minimum Gasteiger partial charge on any atom is -0.381 e. The predicted octanol–water partition coefficient (Wildman–Crippen LogP) is 4.39. The fraction of sp³-hybridized carbons (Fsp3) is 0.188. The minimum absolute atomic E-state index is 0.00153. The van der Waals surface area contributed by atoms with E-state index in [0.29, 0.717) is 28.3 Å². The lowest BCUT2D eigenvalue weighted by molar-refractivity contribution is 0.601. The van der Waals surface area contributed by atoms with Gasteiger partial charge in [0.25, 0.3) is 0 Å². The summed E-state index contributed by atoms with van der Waals surface area (Å²) < 4.78 is 13.6. The Kier molecular flexibility index (Phi) is 4.60. The summed E-state index contributed by atoms with van der Waals surface area (Å²) in [6.07, 6.45) is 0.541. The molecule has 1 N–H and O–H groups in total. The van der Waals surface area contributed by atoms with Crippen LogP contribution in [0.5, 0.6) is 0 Å². The van der Waals surface area contributed by atoms with E-state index in [1.54, 1.807) is 30.3 Å². The molecule has 1 atom stereocenters. The molecule has 0 aliphatic rings. The van der Waals surface area contributed by atoms with Crippen molar-refractivity contribution >= 4 is 17.3 Å². The van der Waals surface area contributed by atoms with Crippen LogP contribution in [0.15, 0.2) is 42.5 Å². The van der Waals surface area contributed by atoms with Crippen LogP contribution in [-0.2, 0) is 6.42 Å². The Bertz CT molecular complexity index is 649. The van der Waals surface area contributed by atoms with Crippen LogP contribution in [0.3, 0.4) is 0 Å². The van der Waals surface area contributed by atoms with Crippen LogP contribution < -0.4 is 5.32 Å². The SMILES string of the molecule is CC(Cc1ccccc1F)Nc1cc(C#N)ccc1Cl. The first-order valence-electron chi connectivity index (χ1n) is 6.29. The van der Waals surface area contributed by atoms with Crippen molar-refractivity contribution in [2.75, 3.05) is 5.32 Å². The van der Waals surface area contributed by atoms with E-state index in [4.69, 9.17) is 16.9 Å². The average molecular weight is 289 g/mol. The van der Waals surface area contributed by atoms with Gasteiger partial charge in [0.05, 0.1) is 22.3 Å². The number of rotatable bonds is 4. The van der Waals surface area contributed by atoms with E-state index in [0.717, 1.165) is 0 Å². The monoisotopic (exact) mass is 288 g/mol. The zero-order valence-electron chi connectivity index (χ0n) is 11.0. The largest absolute Gasteiger partial charge is 0.381 e. The van der Waals surface area contributed by atoms with E-state index in [1.165, 1.54) is 6.07 Å². The second kappa shape index (κ2) is 6.40. The molecular formula is C16H14ClFN2. The zero-order chi connectivity index (χ0) is 14.5. The average Bonchev–Trinajstić information content (AvgIpc) is 2.44. The molecule has 0 bridgehead atoms. The lowest BCUT2D eigenvalue weighted by atomic mass is 10.1. The predicted molar refractivity (Wildman–Crippen MR) is 79.4 cm³/mol. The fourth-order valence-electron chi connectivity index (χ4n) is 2.02. The number of nitrogens with one attached hydrogen (secondary N) is 1. The summed E-state index contributed by atoms with van der Waals surface area (Å²) in [5.41, 5.74) is 1.88. The molecule has 0 saturated carbocycles. The third-order valence-electron chi connectivity index (χ3n) is 2.98. The van der Waals surface area contributed by atoms with Crippen LogP contribution in [0, 0.1) is 17.1 Å². The van der Waals surface area contributed by atoms with Gasteiger partial charge in [0.1, 0.15) is 5.82 Å². The molecule has 0 amide bonds. The number of nitriles is 1. The van der Waals surface area contributed by atoms with Crippen LogP contribution in [0.1, 0.15) is 18.1 Å². The molecule has 102 valence electrons.